The fourth-order valence-corrected chi connectivity index (χ4v) is 4.74. The Bertz CT molecular complexity index is 889. The second-order valence-corrected chi connectivity index (χ2v) is 10.7. The molecule has 0 radical (unpaired) electrons. The predicted octanol–water partition coefficient (Wildman–Crippen LogP) is 1.11. The minimum absolute atomic E-state index is 0.0900. The van der Waals surface area contributed by atoms with Gasteiger partial charge in [0.15, 0.2) is 9.84 Å². The molecule has 0 bridgehead atoms. The molecule has 0 aliphatic heterocycles. The molecular formula is C15H24BrN3O7S2. The molecule has 0 unspecified atom stereocenters. The number of non-ortho nitro benzene ring substituents is 1. The average molecular weight is 502 g/mol. The molecule has 0 saturated carbocycles. The summed E-state index contributed by atoms with van der Waals surface area (Å²) in [6.45, 7) is 0.508. The van der Waals surface area contributed by atoms with E-state index in [-0.39, 0.29) is 41.7 Å². The number of nitrogens with zero attached hydrogens (tertiary/aromatic N) is 3. The lowest BCUT2D eigenvalue weighted by atomic mass is 10.2. The van der Waals surface area contributed by atoms with Crippen LogP contribution in [0.4, 0.5) is 11.4 Å². The van der Waals surface area contributed by atoms with Crippen LogP contribution in [0, 0.1) is 10.1 Å². The summed E-state index contributed by atoms with van der Waals surface area (Å²) in [7, 11) is -4.01. The summed E-state index contributed by atoms with van der Waals surface area (Å²) in [5.41, 5.74) is -0.0701. The molecule has 0 fully saturated rings. The molecule has 160 valence electrons. The number of anilines is 1. The summed E-state index contributed by atoms with van der Waals surface area (Å²) in [6, 6.07) is 3.63. The van der Waals surface area contributed by atoms with Crippen molar-refractivity contribution >= 4 is 47.3 Å². The lowest BCUT2D eigenvalue weighted by molar-refractivity contribution is -0.385. The van der Waals surface area contributed by atoms with Crippen molar-refractivity contribution in [3.8, 4) is 0 Å². The van der Waals surface area contributed by atoms with Crippen LogP contribution < -0.4 is 4.90 Å². The fourth-order valence-electron chi connectivity index (χ4n) is 2.29. The van der Waals surface area contributed by atoms with Gasteiger partial charge >= 0.3 is 0 Å². The van der Waals surface area contributed by atoms with Gasteiger partial charge in [0.2, 0.25) is 0 Å². The quantitative estimate of drug-likeness (QED) is 0.179. The van der Waals surface area contributed by atoms with E-state index in [0.29, 0.717) is 11.9 Å². The summed E-state index contributed by atoms with van der Waals surface area (Å²) in [6.07, 6.45) is 0.921. The van der Waals surface area contributed by atoms with Gasteiger partial charge in [-0.15, -0.1) is 0 Å². The predicted molar refractivity (Wildman–Crippen MR) is 111 cm³/mol. The lowest BCUT2D eigenvalue weighted by Crippen LogP contribution is -2.32. The highest BCUT2D eigenvalue weighted by atomic mass is 79.9. The molecule has 13 heteroatoms. The molecule has 1 rings (SSSR count). The summed E-state index contributed by atoms with van der Waals surface area (Å²) in [5, 5.41) is 11.6. The Labute approximate surface area is 173 Å². The maximum atomic E-state index is 12.9. The molecule has 0 aliphatic rings. The zero-order chi connectivity index (χ0) is 21.5. The van der Waals surface area contributed by atoms with Crippen LogP contribution in [0.5, 0.6) is 0 Å². The van der Waals surface area contributed by atoms with E-state index in [1.807, 2.05) is 0 Å². The fraction of sp³-hybridized carbons (Fsp3) is 0.600. The van der Waals surface area contributed by atoms with Crippen LogP contribution in [0.1, 0.15) is 0 Å². The van der Waals surface area contributed by atoms with E-state index < -0.39 is 24.9 Å². The molecule has 28 heavy (non-hydrogen) atoms. The highest BCUT2D eigenvalue weighted by Gasteiger charge is 2.25. The van der Waals surface area contributed by atoms with Crippen LogP contribution in [0.3, 0.4) is 0 Å². The van der Waals surface area contributed by atoms with Crippen LogP contribution in [0.2, 0.25) is 0 Å². The first-order valence-corrected chi connectivity index (χ1v) is 12.8. The Morgan fingerprint density at radius 3 is 2.29 bits per heavy atom. The van der Waals surface area contributed by atoms with E-state index in [1.165, 1.54) is 12.1 Å². The van der Waals surface area contributed by atoms with Gasteiger partial charge in [0.1, 0.15) is 0 Å². The van der Waals surface area contributed by atoms with Crippen molar-refractivity contribution in [2.24, 2.45) is 0 Å². The number of rotatable bonds is 12. The molecule has 0 spiro atoms. The van der Waals surface area contributed by atoms with E-state index in [1.54, 1.807) is 23.9 Å². The summed E-state index contributed by atoms with van der Waals surface area (Å²) >= 11 is 3.28. The third-order valence-electron chi connectivity index (χ3n) is 3.65. The second kappa shape index (κ2) is 10.5. The molecule has 1 aromatic carbocycles. The number of hydrogen-bond acceptors (Lipinski definition) is 9. The van der Waals surface area contributed by atoms with E-state index in [0.717, 1.165) is 12.3 Å². The average Bonchev–Trinajstić information content (AvgIpc) is 2.57. The van der Waals surface area contributed by atoms with E-state index >= 15 is 0 Å². The number of halogens is 1. The van der Waals surface area contributed by atoms with Crippen molar-refractivity contribution in [2.45, 2.75) is 4.90 Å². The minimum Gasteiger partial charge on any atom is -0.367 e. The molecule has 0 atom stereocenters. The summed E-state index contributed by atoms with van der Waals surface area (Å²) < 4.78 is 52.8. The van der Waals surface area contributed by atoms with Crippen molar-refractivity contribution in [2.75, 3.05) is 62.6 Å². The van der Waals surface area contributed by atoms with Gasteiger partial charge in [0.25, 0.3) is 15.8 Å². The van der Waals surface area contributed by atoms with Crippen molar-refractivity contribution in [1.82, 2.24) is 4.90 Å². The zero-order valence-electron chi connectivity index (χ0n) is 15.9. The van der Waals surface area contributed by atoms with Crippen molar-refractivity contribution < 1.29 is 25.9 Å². The number of benzene rings is 1. The maximum Gasteiger partial charge on any atom is 0.270 e. The standard InChI is InChI=1S/C15H24BrN3O7S2/c1-17(2)9-11-28(24,25)15-12-13(19(20)21)4-5-14(15)18(7-6-16)8-10-26-27(3,22)23/h4-5,12H,6-11H2,1-3H3. The van der Waals surface area contributed by atoms with Crippen molar-refractivity contribution in [3.05, 3.63) is 28.3 Å². The van der Waals surface area contributed by atoms with Crippen molar-refractivity contribution in [1.29, 1.82) is 0 Å². The third kappa shape index (κ3) is 7.99. The Morgan fingerprint density at radius 2 is 1.79 bits per heavy atom. The Hall–Kier alpha value is -1.28. The largest absolute Gasteiger partial charge is 0.367 e. The molecule has 0 amide bonds. The molecule has 10 nitrogen and oxygen atoms in total. The van der Waals surface area contributed by atoms with Gasteiger partial charge < -0.3 is 9.80 Å². The number of hydrogen-bond donors (Lipinski definition) is 0. The minimum atomic E-state index is -3.82. The smallest absolute Gasteiger partial charge is 0.270 e. The molecule has 0 aromatic heterocycles. The van der Waals surface area contributed by atoms with E-state index in [2.05, 4.69) is 15.9 Å². The van der Waals surface area contributed by atoms with E-state index in [4.69, 9.17) is 4.18 Å². The second-order valence-electron chi connectivity index (χ2n) is 6.23. The van der Waals surface area contributed by atoms with Gasteiger partial charge in [0.05, 0.1) is 34.1 Å². The maximum absolute atomic E-state index is 12.9. The van der Waals surface area contributed by atoms with Crippen LogP contribution in [-0.2, 0) is 24.1 Å². The van der Waals surface area contributed by atoms with Crippen LogP contribution in [0.15, 0.2) is 23.1 Å². The van der Waals surface area contributed by atoms with Crippen LogP contribution in [-0.4, -0.2) is 84.3 Å². The number of sulfone groups is 1. The Kier molecular flexibility index (Phi) is 9.27. The SMILES string of the molecule is CN(C)CCS(=O)(=O)c1cc([N+](=O)[O-])ccc1N(CCBr)CCOS(C)(=O)=O. The zero-order valence-corrected chi connectivity index (χ0v) is 19.1. The Balaban J connectivity index is 3.34. The third-order valence-corrected chi connectivity index (χ3v) is 6.32. The summed E-state index contributed by atoms with van der Waals surface area (Å²) in [4.78, 5) is 13.6. The van der Waals surface area contributed by atoms with Gasteiger partial charge in [-0.3, -0.25) is 14.3 Å². The van der Waals surface area contributed by atoms with Gasteiger partial charge in [-0.25, -0.2) is 8.42 Å². The van der Waals surface area contributed by atoms with E-state index in [9.17, 15) is 26.9 Å². The highest BCUT2D eigenvalue weighted by Crippen LogP contribution is 2.30. The normalized spacial score (nSPS) is 12.3. The van der Waals surface area contributed by atoms with Crippen LogP contribution >= 0.6 is 15.9 Å². The van der Waals surface area contributed by atoms with Crippen LogP contribution in [0.25, 0.3) is 0 Å². The molecule has 0 aliphatic carbocycles. The van der Waals surface area contributed by atoms with Gasteiger partial charge in [-0.2, -0.15) is 8.42 Å². The summed E-state index contributed by atoms with van der Waals surface area (Å²) in [5.74, 6) is -0.212. The number of nitro benzene ring substituents is 1. The van der Waals surface area contributed by atoms with Gasteiger partial charge in [-0.05, 0) is 20.2 Å². The van der Waals surface area contributed by atoms with Gasteiger partial charge in [-0.1, -0.05) is 15.9 Å². The molecule has 1 aromatic rings. The first-order chi connectivity index (χ1) is 12.9. The highest BCUT2D eigenvalue weighted by molar-refractivity contribution is 9.09. The first-order valence-electron chi connectivity index (χ1n) is 8.18. The van der Waals surface area contributed by atoms with Crippen molar-refractivity contribution in [3.63, 3.8) is 0 Å². The molecular weight excluding hydrogens is 478 g/mol. The van der Waals surface area contributed by atoms with Gasteiger partial charge in [0, 0.05) is 37.1 Å². The number of alkyl halides is 1. The molecule has 0 heterocycles. The topological polar surface area (TPSA) is 127 Å². The Morgan fingerprint density at radius 1 is 1.14 bits per heavy atom. The number of nitro groups is 1. The first kappa shape index (κ1) is 24.8. The molecule has 0 saturated heterocycles. The lowest BCUT2D eigenvalue weighted by Gasteiger charge is -2.26. The monoisotopic (exact) mass is 501 g/mol. The molecule has 0 N–H and O–H groups in total.